The molecule has 10 heteroatoms. The third-order valence-electron chi connectivity index (χ3n) is 4.46. The first-order valence-electron chi connectivity index (χ1n) is 9.88. The summed E-state index contributed by atoms with van der Waals surface area (Å²) in [6.45, 7) is 4.30. The molecule has 1 atom stereocenters. The Bertz CT molecular complexity index is 1260. The molecule has 0 amide bonds. The third kappa shape index (κ3) is 4.97. The van der Waals surface area contributed by atoms with Crippen molar-refractivity contribution in [3.63, 3.8) is 0 Å². The normalized spacial score (nSPS) is 11.4. The van der Waals surface area contributed by atoms with Gasteiger partial charge in [0, 0.05) is 23.2 Å². The van der Waals surface area contributed by atoms with E-state index >= 15 is 0 Å². The summed E-state index contributed by atoms with van der Waals surface area (Å²) in [6.07, 6.45) is 3.00. The van der Waals surface area contributed by atoms with Gasteiger partial charge in [-0.1, -0.05) is 13.8 Å². The van der Waals surface area contributed by atoms with Crippen LogP contribution in [0.3, 0.4) is 0 Å². The largest absolute Gasteiger partial charge is 0.497 e. The van der Waals surface area contributed by atoms with Crippen molar-refractivity contribution in [3.05, 3.63) is 70.2 Å². The van der Waals surface area contributed by atoms with Crippen molar-refractivity contribution in [2.75, 3.05) is 18.5 Å². The van der Waals surface area contributed by atoms with E-state index < -0.39 is 11.0 Å². The predicted molar refractivity (Wildman–Crippen MR) is 128 cm³/mol. The van der Waals surface area contributed by atoms with Gasteiger partial charge in [-0.2, -0.15) is 0 Å². The Morgan fingerprint density at radius 3 is 2.59 bits per heavy atom. The molecule has 8 nitrogen and oxygen atoms in total. The minimum Gasteiger partial charge on any atom is -0.497 e. The fourth-order valence-corrected chi connectivity index (χ4v) is 4.93. The van der Waals surface area contributed by atoms with E-state index in [1.54, 1.807) is 49.0 Å². The Kier molecular flexibility index (Phi) is 7.96. The standard InChI is InChI=1S/C20H18N4O4S2.C2H6/c1-27-14-4-3-13(18(9-14)28-2)11-24(20-21-7-8-29-20)30(26)15-5-6-16-17(10-15)22-12-23-19(16)25;1-2/h3-10,12H,11H2,1-2H3,(H,22,23,25);1-2H3. The summed E-state index contributed by atoms with van der Waals surface area (Å²) in [5.74, 6) is 1.29. The number of hydrogen-bond acceptors (Lipinski definition) is 7. The van der Waals surface area contributed by atoms with E-state index in [4.69, 9.17) is 9.47 Å². The summed E-state index contributed by atoms with van der Waals surface area (Å²) in [7, 11) is 1.58. The van der Waals surface area contributed by atoms with E-state index in [2.05, 4.69) is 15.0 Å². The van der Waals surface area contributed by atoms with Gasteiger partial charge in [0.25, 0.3) is 5.56 Å². The topological polar surface area (TPSA) is 97.4 Å². The number of aromatic amines is 1. The second-order valence-corrected chi connectivity index (χ2v) is 8.47. The molecule has 2 aromatic carbocycles. The molecular formula is C22H24N4O4S2. The van der Waals surface area contributed by atoms with Gasteiger partial charge in [-0.05, 0) is 30.3 Å². The summed E-state index contributed by atoms with van der Waals surface area (Å²) < 4.78 is 26.0. The number of nitrogens with one attached hydrogen (secondary N) is 1. The maximum atomic E-state index is 13.5. The average molecular weight is 473 g/mol. The molecule has 1 unspecified atom stereocenters. The molecule has 0 spiro atoms. The van der Waals surface area contributed by atoms with Gasteiger partial charge in [-0.3, -0.25) is 9.10 Å². The molecule has 0 bridgehead atoms. The molecule has 2 aromatic heterocycles. The highest BCUT2D eigenvalue weighted by molar-refractivity contribution is 7.86. The number of thiazole rings is 1. The highest BCUT2D eigenvalue weighted by atomic mass is 32.2. The van der Waals surface area contributed by atoms with Gasteiger partial charge >= 0.3 is 0 Å². The zero-order valence-corrected chi connectivity index (χ0v) is 19.8. The molecule has 0 aliphatic rings. The smallest absolute Gasteiger partial charge is 0.258 e. The Labute approximate surface area is 192 Å². The molecule has 0 aliphatic carbocycles. The van der Waals surface area contributed by atoms with Crippen molar-refractivity contribution in [2.24, 2.45) is 0 Å². The molecule has 0 fully saturated rings. The first-order chi connectivity index (χ1) is 15.6. The van der Waals surface area contributed by atoms with E-state index in [0.29, 0.717) is 39.0 Å². The van der Waals surface area contributed by atoms with Gasteiger partial charge < -0.3 is 14.5 Å². The summed E-state index contributed by atoms with van der Waals surface area (Å²) in [5.41, 5.74) is 1.07. The SMILES string of the molecule is CC.COc1ccc(CN(c2nccs2)S(=O)c2ccc3c(=O)[nH]cnc3c2)c(OC)c1. The van der Waals surface area contributed by atoms with Crippen molar-refractivity contribution in [1.29, 1.82) is 0 Å². The van der Waals surface area contributed by atoms with Gasteiger partial charge in [-0.25, -0.2) is 14.2 Å². The minimum atomic E-state index is -1.59. The van der Waals surface area contributed by atoms with E-state index in [1.165, 1.54) is 17.7 Å². The van der Waals surface area contributed by atoms with Gasteiger partial charge in [0.2, 0.25) is 0 Å². The number of nitrogens with zero attached hydrogens (tertiary/aromatic N) is 3. The fourth-order valence-electron chi connectivity index (χ4n) is 2.96. The number of rotatable bonds is 7. The number of fused-ring (bicyclic) bond motifs is 1. The molecule has 0 saturated carbocycles. The van der Waals surface area contributed by atoms with Crippen molar-refractivity contribution in [1.82, 2.24) is 15.0 Å². The molecule has 0 radical (unpaired) electrons. The Morgan fingerprint density at radius 1 is 1.09 bits per heavy atom. The second-order valence-electron chi connectivity index (χ2n) is 6.19. The summed E-state index contributed by atoms with van der Waals surface area (Å²) in [5, 5.41) is 2.87. The number of H-pyrrole nitrogens is 1. The zero-order valence-electron chi connectivity index (χ0n) is 18.2. The summed E-state index contributed by atoms with van der Waals surface area (Å²) in [4.78, 5) is 23.5. The quantitative estimate of drug-likeness (QED) is 0.434. The van der Waals surface area contributed by atoms with Crippen LogP contribution in [0.25, 0.3) is 10.9 Å². The molecule has 168 valence electrons. The van der Waals surface area contributed by atoms with E-state index in [9.17, 15) is 9.00 Å². The van der Waals surface area contributed by atoms with Crippen LogP contribution in [0.1, 0.15) is 19.4 Å². The van der Waals surface area contributed by atoms with E-state index in [0.717, 1.165) is 5.56 Å². The van der Waals surface area contributed by atoms with Gasteiger partial charge in [0.15, 0.2) is 16.1 Å². The molecule has 1 N–H and O–H groups in total. The van der Waals surface area contributed by atoms with Crippen molar-refractivity contribution in [3.8, 4) is 11.5 Å². The summed E-state index contributed by atoms with van der Waals surface area (Å²) in [6, 6.07) is 10.4. The van der Waals surface area contributed by atoms with Crippen LogP contribution in [-0.4, -0.2) is 33.4 Å². The van der Waals surface area contributed by atoms with Crippen molar-refractivity contribution < 1.29 is 13.7 Å². The van der Waals surface area contributed by atoms with Gasteiger partial charge in [0.05, 0.1) is 42.9 Å². The van der Waals surface area contributed by atoms with Crippen molar-refractivity contribution in [2.45, 2.75) is 25.3 Å². The van der Waals surface area contributed by atoms with Crippen LogP contribution in [0, 0.1) is 0 Å². The number of hydrogen-bond donors (Lipinski definition) is 1. The lowest BCUT2D eigenvalue weighted by atomic mass is 10.2. The molecule has 0 saturated heterocycles. The Hall–Kier alpha value is -3.24. The number of benzene rings is 2. The van der Waals surface area contributed by atoms with Crippen molar-refractivity contribution >= 4 is 38.4 Å². The van der Waals surface area contributed by atoms with Gasteiger partial charge in [0.1, 0.15) is 11.5 Å². The maximum absolute atomic E-state index is 13.5. The van der Waals surface area contributed by atoms with Crippen LogP contribution in [0.2, 0.25) is 0 Å². The number of ether oxygens (including phenoxy) is 2. The predicted octanol–water partition coefficient (Wildman–Crippen LogP) is 4.15. The van der Waals surface area contributed by atoms with E-state index in [1.807, 2.05) is 31.4 Å². The second kappa shape index (κ2) is 10.9. The molecule has 2 heterocycles. The first-order valence-corrected chi connectivity index (χ1v) is 11.9. The highest BCUT2D eigenvalue weighted by Crippen LogP contribution is 2.30. The maximum Gasteiger partial charge on any atom is 0.258 e. The minimum absolute atomic E-state index is 0.239. The number of aromatic nitrogens is 3. The van der Waals surface area contributed by atoms with Crippen LogP contribution in [0.4, 0.5) is 5.13 Å². The first kappa shape index (κ1) is 23.4. The Balaban J connectivity index is 0.00000141. The highest BCUT2D eigenvalue weighted by Gasteiger charge is 2.21. The lowest BCUT2D eigenvalue weighted by Crippen LogP contribution is -2.25. The molecule has 4 aromatic rings. The van der Waals surface area contributed by atoms with Crippen LogP contribution < -0.4 is 19.3 Å². The number of methoxy groups -OCH3 is 2. The van der Waals surface area contributed by atoms with Crippen LogP contribution in [-0.2, 0) is 17.5 Å². The molecular weight excluding hydrogens is 448 g/mol. The fraction of sp³-hybridized carbons (Fsp3) is 0.227. The molecule has 32 heavy (non-hydrogen) atoms. The molecule has 0 aliphatic heterocycles. The van der Waals surface area contributed by atoms with Crippen LogP contribution >= 0.6 is 11.3 Å². The summed E-state index contributed by atoms with van der Waals surface area (Å²) >= 11 is 1.39. The average Bonchev–Trinajstić information content (AvgIpc) is 3.38. The lowest BCUT2D eigenvalue weighted by molar-refractivity contribution is 0.391. The lowest BCUT2D eigenvalue weighted by Gasteiger charge is -2.22. The third-order valence-corrected chi connectivity index (χ3v) is 6.73. The monoisotopic (exact) mass is 472 g/mol. The Morgan fingerprint density at radius 2 is 1.91 bits per heavy atom. The molecule has 4 rings (SSSR count). The van der Waals surface area contributed by atoms with Crippen LogP contribution in [0.15, 0.2) is 64.0 Å². The van der Waals surface area contributed by atoms with E-state index in [-0.39, 0.29) is 5.56 Å². The van der Waals surface area contributed by atoms with Gasteiger partial charge in [-0.15, -0.1) is 11.3 Å². The zero-order chi connectivity index (χ0) is 23.1. The number of anilines is 1. The van der Waals surface area contributed by atoms with Crippen LogP contribution in [0.5, 0.6) is 11.5 Å².